The minimum Gasteiger partial charge on any atom is -0.489 e. The molecule has 1 aliphatic heterocycles. The third kappa shape index (κ3) is 2.62. The Kier molecular flexibility index (Phi) is 3.44. The van der Waals surface area contributed by atoms with E-state index in [-0.39, 0.29) is 11.7 Å². The smallest absolute Gasteiger partial charge is 0.138 e. The molecule has 1 aromatic heterocycles. The van der Waals surface area contributed by atoms with Crippen LogP contribution in [-0.2, 0) is 4.74 Å². The van der Waals surface area contributed by atoms with E-state index < -0.39 is 0 Å². The van der Waals surface area contributed by atoms with Crippen molar-refractivity contribution < 1.29 is 9.47 Å². The Bertz CT molecular complexity index is 401. The molecule has 1 aliphatic carbocycles. The van der Waals surface area contributed by atoms with Gasteiger partial charge in [-0.25, -0.2) is 4.98 Å². The molecule has 3 rings (SSSR count). The normalized spacial score (nSPS) is 26.4. The highest BCUT2D eigenvalue weighted by atomic mass is 35.5. The number of pyridine rings is 1. The van der Waals surface area contributed by atoms with Gasteiger partial charge in [-0.3, -0.25) is 0 Å². The SMILES string of the molecule is Clc1ccc(OC2CCOC3(CCCC3)C2)cn1. The van der Waals surface area contributed by atoms with Crippen molar-refractivity contribution in [3.05, 3.63) is 23.5 Å². The molecule has 1 atom stereocenters. The van der Waals surface area contributed by atoms with Gasteiger partial charge in [0.15, 0.2) is 0 Å². The van der Waals surface area contributed by atoms with Crippen molar-refractivity contribution in [2.75, 3.05) is 6.61 Å². The van der Waals surface area contributed by atoms with Crippen molar-refractivity contribution in [3.8, 4) is 5.75 Å². The summed E-state index contributed by atoms with van der Waals surface area (Å²) in [5.74, 6) is 0.805. The van der Waals surface area contributed by atoms with Gasteiger partial charge in [0.2, 0.25) is 0 Å². The van der Waals surface area contributed by atoms with E-state index in [1.165, 1.54) is 25.7 Å². The minimum atomic E-state index is 0.1000. The first-order valence-electron chi connectivity index (χ1n) is 6.68. The molecule has 2 aliphatic rings. The third-order valence-corrected chi connectivity index (χ3v) is 4.19. The van der Waals surface area contributed by atoms with Crippen LogP contribution < -0.4 is 4.74 Å². The first-order chi connectivity index (χ1) is 8.76. The van der Waals surface area contributed by atoms with Gasteiger partial charge in [0.25, 0.3) is 0 Å². The topological polar surface area (TPSA) is 31.4 Å². The zero-order valence-electron chi connectivity index (χ0n) is 10.4. The van der Waals surface area contributed by atoms with Gasteiger partial charge in [-0.2, -0.15) is 0 Å². The number of halogens is 1. The van der Waals surface area contributed by atoms with Crippen LogP contribution in [0.1, 0.15) is 38.5 Å². The van der Waals surface area contributed by atoms with Gasteiger partial charge < -0.3 is 9.47 Å². The number of ether oxygens (including phenoxy) is 2. The predicted octanol–water partition coefficient (Wildman–Crippen LogP) is 3.61. The minimum absolute atomic E-state index is 0.1000. The van der Waals surface area contributed by atoms with Crippen LogP contribution in [-0.4, -0.2) is 23.3 Å². The summed E-state index contributed by atoms with van der Waals surface area (Å²) in [4.78, 5) is 4.04. The van der Waals surface area contributed by atoms with Gasteiger partial charge in [-0.1, -0.05) is 24.4 Å². The average Bonchev–Trinajstić information content (AvgIpc) is 2.80. The Labute approximate surface area is 112 Å². The molecule has 0 bridgehead atoms. The lowest BCUT2D eigenvalue weighted by Gasteiger charge is -2.38. The van der Waals surface area contributed by atoms with Crippen LogP contribution in [0.5, 0.6) is 5.75 Å². The summed E-state index contributed by atoms with van der Waals surface area (Å²) in [6.07, 6.45) is 8.86. The van der Waals surface area contributed by atoms with E-state index in [0.29, 0.717) is 5.15 Å². The van der Waals surface area contributed by atoms with E-state index in [1.54, 1.807) is 12.3 Å². The summed E-state index contributed by atoms with van der Waals surface area (Å²) in [6.45, 7) is 0.811. The maximum absolute atomic E-state index is 6.00. The second kappa shape index (κ2) is 5.06. The highest BCUT2D eigenvalue weighted by Gasteiger charge is 2.40. The fourth-order valence-corrected chi connectivity index (χ4v) is 3.19. The molecule has 3 nitrogen and oxygen atoms in total. The molecular weight excluding hydrogens is 250 g/mol. The van der Waals surface area contributed by atoms with Gasteiger partial charge >= 0.3 is 0 Å². The summed E-state index contributed by atoms with van der Waals surface area (Å²) >= 11 is 5.77. The van der Waals surface area contributed by atoms with E-state index in [0.717, 1.165) is 25.2 Å². The van der Waals surface area contributed by atoms with Gasteiger partial charge in [0.05, 0.1) is 18.4 Å². The molecule has 0 amide bonds. The maximum Gasteiger partial charge on any atom is 0.138 e. The summed E-state index contributed by atoms with van der Waals surface area (Å²) < 4.78 is 12.0. The van der Waals surface area contributed by atoms with Crippen molar-refractivity contribution in [1.82, 2.24) is 4.98 Å². The quantitative estimate of drug-likeness (QED) is 0.767. The van der Waals surface area contributed by atoms with Crippen molar-refractivity contribution in [3.63, 3.8) is 0 Å². The van der Waals surface area contributed by atoms with Crippen LogP contribution in [0.15, 0.2) is 18.3 Å². The van der Waals surface area contributed by atoms with Crippen molar-refractivity contribution in [2.24, 2.45) is 0 Å². The Morgan fingerprint density at radius 3 is 2.89 bits per heavy atom. The fraction of sp³-hybridized carbons (Fsp3) is 0.643. The summed E-state index contributed by atoms with van der Waals surface area (Å²) in [7, 11) is 0. The van der Waals surface area contributed by atoms with Crippen LogP contribution >= 0.6 is 11.6 Å². The van der Waals surface area contributed by atoms with Crippen LogP contribution in [0.25, 0.3) is 0 Å². The Balaban J connectivity index is 1.64. The molecular formula is C14H18ClNO2. The molecule has 0 radical (unpaired) electrons. The van der Waals surface area contributed by atoms with Crippen molar-refractivity contribution in [2.45, 2.75) is 50.2 Å². The van der Waals surface area contributed by atoms with Crippen molar-refractivity contribution >= 4 is 11.6 Å². The number of hydrogen-bond acceptors (Lipinski definition) is 3. The van der Waals surface area contributed by atoms with E-state index in [2.05, 4.69) is 4.98 Å². The van der Waals surface area contributed by atoms with E-state index in [1.807, 2.05) is 6.07 Å². The van der Waals surface area contributed by atoms with Gasteiger partial charge in [-0.15, -0.1) is 0 Å². The molecule has 1 spiro atoms. The zero-order valence-corrected chi connectivity index (χ0v) is 11.2. The van der Waals surface area contributed by atoms with Gasteiger partial charge in [0, 0.05) is 12.8 Å². The lowest BCUT2D eigenvalue weighted by molar-refractivity contribution is -0.108. The van der Waals surface area contributed by atoms with E-state index in [4.69, 9.17) is 21.1 Å². The zero-order chi connectivity index (χ0) is 12.4. The van der Waals surface area contributed by atoms with Crippen LogP contribution in [0, 0.1) is 0 Å². The Morgan fingerprint density at radius 2 is 2.17 bits per heavy atom. The second-order valence-corrected chi connectivity index (χ2v) is 5.68. The Morgan fingerprint density at radius 1 is 1.33 bits per heavy atom. The molecule has 0 N–H and O–H groups in total. The van der Waals surface area contributed by atoms with E-state index in [9.17, 15) is 0 Å². The molecule has 98 valence electrons. The number of nitrogens with zero attached hydrogens (tertiary/aromatic N) is 1. The highest BCUT2D eigenvalue weighted by molar-refractivity contribution is 6.29. The standard InChI is InChI=1S/C14H18ClNO2/c15-13-4-3-12(10-16-13)18-11-5-8-17-14(9-11)6-1-2-7-14/h3-4,10-11H,1-2,5-9H2. The average molecular weight is 268 g/mol. The molecule has 18 heavy (non-hydrogen) atoms. The lowest BCUT2D eigenvalue weighted by Crippen LogP contribution is -2.41. The molecule has 1 saturated carbocycles. The summed E-state index contributed by atoms with van der Waals surface area (Å²) in [6, 6.07) is 3.65. The molecule has 0 aromatic carbocycles. The van der Waals surface area contributed by atoms with Crippen LogP contribution in [0.4, 0.5) is 0 Å². The monoisotopic (exact) mass is 267 g/mol. The van der Waals surface area contributed by atoms with Crippen LogP contribution in [0.2, 0.25) is 5.15 Å². The Hall–Kier alpha value is -0.800. The number of rotatable bonds is 2. The lowest BCUT2D eigenvalue weighted by atomic mass is 9.90. The molecule has 4 heteroatoms. The molecule has 1 saturated heterocycles. The number of hydrogen-bond donors (Lipinski definition) is 0. The van der Waals surface area contributed by atoms with Gasteiger partial charge in [-0.05, 0) is 25.0 Å². The molecule has 2 fully saturated rings. The first-order valence-corrected chi connectivity index (χ1v) is 7.06. The fourth-order valence-electron chi connectivity index (χ4n) is 3.08. The van der Waals surface area contributed by atoms with Crippen LogP contribution in [0.3, 0.4) is 0 Å². The molecule has 2 heterocycles. The molecule has 1 unspecified atom stereocenters. The highest BCUT2D eigenvalue weighted by Crippen LogP contribution is 2.40. The second-order valence-electron chi connectivity index (χ2n) is 5.29. The number of aromatic nitrogens is 1. The first kappa shape index (κ1) is 12.2. The van der Waals surface area contributed by atoms with E-state index >= 15 is 0 Å². The third-order valence-electron chi connectivity index (χ3n) is 3.97. The summed E-state index contributed by atoms with van der Waals surface area (Å²) in [5.41, 5.74) is 0.1000. The maximum atomic E-state index is 6.00. The van der Waals surface area contributed by atoms with Gasteiger partial charge in [0.1, 0.15) is 17.0 Å². The summed E-state index contributed by atoms with van der Waals surface area (Å²) in [5, 5.41) is 0.501. The molecule has 1 aromatic rings. The predicted molar refractivity (Wildman–Crippen MR) is 70.0 cm³/mol. The van der Waals surface area contributed by atoms with Crippen molar-refractivity contribution in [1.29, 1.82) is 0 Å². The largest absolute Gasteiger partial charge is 0.489 e.